The Morgan fingerprint density at radius 3 is 2.84 bits per heavy atom. The average Bonchev–Trinajstić information content (AvgIpc) is 3.21. The van der Waals surface area contributed by atoms with Crippen molar-refractivity contribution >= 4 is 23.4 Å². The van der Waals surface area contributed by atoms with Crippen molar-refractivity contribution in [2.24, 2.45) is 10.1 Å². The van der Waals surface area contributed by atoms with Crippen molar-refractivity contribution in [3.63, 3.8) is 0 Å². The van der Waals surface area contributed by atoms with Crippen molar-refractivity contribution < 1.29 is 13.7 Å². The van der Waals surface area contributed by atoms with Gasteiger partial charge >= 0.3 is 5.88 Å². The minimum absolute atomic E-state index is 0.215. The highest BCUT2D eigenvalue weighted by Crippen LogP contribution is 2.23. The van der Waals surface area contributed by atoms with Crippen LogP contribution in [0.2, 0.25) is 0 Å². The lowest BCUT2D eigenvalue weighted by Gasteiger charge is -2.04. The third-order valence-electron chi connectivity index (χ3n) is 3.22. The average molecular weight is 360 g/mol. The summed E-state index contributed by atoms with van der Waals surface area (Å²) < 4.78 is 20.7. The topological polar surface area (TPSA) is 85.9 Å². The molecule has 3 aromatic rings. The molecule has 0 amide bonds. The Kier molecular flexibility index (Phi) is 4.85. The minimum Gasteiger partial charge on any atom is -0.400 e. The number of thiazole rings is 1. The van der Waals surface area contributed by atoms with Gasteiger partial charge in [-0.1, -0.05) is 12.1 Å². The summed E-state index contributed by atoms with van der Waals surface area (Å²) in [7, 11) is 0. The fourth-order valence-electron chi connectivity index (χ4n) is 2.13. The molecule has 0 fully saturated rings. The zero-order valence-electron chi connectivity index (χ0n) is 13.1. The number of benzene rings is 1. The van der Waals surface area contributed by atoms with Gasteiger partial charge in [-0.25, -0.2) is 9.07 Å². The summed E-state index contributed by atoms with van der Waals surface area (Å²) in [5, 5.41) is 16.7. The van der Waals surface area contributed by atoms with E-state index >= 15 is 0 Å². The van der Waals surface area contributed by atoms with Gasteiger partial charge in [0, 0.05) is 17.5 Å². The van der Waals surface area contributed by atoms with Gasteiger partial charge in [-0.15, -0.1) is 11.3 Å². The van der Waals surface area contributed by atoms with Crippen LogP contribution in [0.5, 0.6) is 0 Å². The molecule has 0 N–H and O–H groups in total. The maximum absolute atomic E-state index is 14.1. The van der Waals surface area contributed by atoms with E-state index in [9.17, 15) is 14.5 Å². The van der Waals surface area contributed by atoms with Gasteiger partial charge in [0.1, 0.15) is 10.7 Å². The van der Waals surface area contributed by atoms with E-state index in [0.717, 1.165) is 0 Å². The molecule has 0 unspecified atom stereocenters. The Morgan fingerprint density at radius 2 is 2.16 bits per heavy atom. The Bertz CT molecular complexity index is 1000. The van der Waals surface area contributed by atoms with Crippen molar-refractivity contribution in [2.45, 2.75) is 6.92 Å². The first kappa shape index (κ1) is 16.8. The second-order valence-corrected chi connectivity index (χ2v) is 5.68. The predicted octanol–water partition coefficient (Wildman–Crippen LogP) is 3.66. The third-order valence-corrected chi connectivity index (χ3v) is 4.08. The summed E-state index contributed by atoms with van der Waals surface area (Å²) in [6, 6.07) is 9.04. The monoisotopic (exact) mass is 360 g/mol. The van der Waals surface area contributed by atoms with E-state index in [4.69, 9.17) is 4.42 Å². The summed E-state index contributed by atoms with van der Waals surface area (Å²) in [5.41, 5.74) is 0.923. The van der Waals surface area contributed by atoms with Crippen LogP contribution >= 0.6 is 11.3 Å². The molecule has 7 nitrogen and oxygen atoms in total. The number of aromatic nitrogens is 1. The highest BCUT2D eigenvalue weighted by Gasteiger charge is 2.13. The molecule has 0 aliphatic carbocycles. The van der Waals surface area contributed by atoms with Crippen LogP contribution in [0.25, 0.3) is 11.3 Å². The lowest BCUT2D eigenvalue weighted by molar-refractivity contribution is -0.402. The number of furan rings is 1. The highest BCUT2D eigenvalue weighted by molar-refractivity contribution is 7.07. The highest BCUT2D eigenvalue weighted by atomic mass is 32.1. The number of nitro groups is 1. The van der Waals surface area contributed by atoms with Crippen LogP contribution in [0, 0.1) is 15.9 Å². The van der Waals surface area contributed by atoms with E-state index in [1.807, 2.05) is 6.92 Å². The van der Waals surface area contributed by atoms with Crippen molar-refractivity contribution in [1.82, 2.24) is 4.68 Å². The maximum Gasteiger partial charge on any atom is 0.433 e. The van der Waals surface area contributed by atoms with E-state index in [1.165, 1.54) is 40.4 Å². The van der Waals surface area contributed by atoms with Gasteiger partial charge in [-0.05, 0) is 25.1 Å². The van der Waals surface area contributed by atoms with Gasteiger partial charge in [0.25, 0.3) is 0 Å². The summed E-state index contributed by atoms with van der Waals surface area (Å²) >= 11 is 1.33. The fourth-order valence-corrected chi connectivity index (χ4v) is 3.03. The summed E-state index contributed by atoms with van der Waals surface area (Å²) in [6.45, 7) is 2.42. The van der Waals surface area contributed by atoms with Crippen molar-refractivity contribution in [3.8, 4) is 11.3 Å². The number of rotatable bonds is 5. The second kappa shape index (κ2) is 7.22. The number of hydrogen-bond donors (Lipinski definition) is 0. The molecule has 9 heteroatoms. The molecule has 25 heavy (non-hydrogen) atoms. The fraction of sp³-hybridized carbons (Fsp3) is 0.125. The smallest absolute Gasteiger partial charge is 0.400 e. The summed E-state index contributed by atoms with van der Waals surface area (Å²) in [5.74, 6) is -0.530. The lowest BCUT2D eigenvalue weighted by Crippen LogP contribution is -2.12. The molecule has 0 radical (unpaired) electrons. The minimum atomic E-state index is -0.627. The lowest BCUT2D eigenvalue weighted by atomic mass is 10.1. The standard InChI is InChI=1S/C16H13FN4O3S/c1-2-18-16-20(19-9-11-7-8-15(24-11)21(22)23)14(10-25-16)12-5-3-4-6-13(12)17/h3-10H,2H2,1H3. The number of hydrogen-bond acceptors (Lipinski definition) is 6. The molecule has 0 aliphatic heterocycles. The number of halogens is 1. The normalized spacial score (nSPS) is 12.2. The first-order chi connectivity index (χ1) is 12.1. The molecule has 0 aliphatic rings. The second-order valence-electron chi connectivity index (χ2n) is 4.85. The van der Waals surface area contributed by atoms with E-state index in [-0.39, 0.29) is 17.5 Å². The Labute approximate surface area is 145 Å². The van der Waals surface area contributed by atoms with Crippen LogP contribution < -0.4 is 4.80 Å². The summed E-state index contributed by atoms with van der Waals surface area (Å²) in [6.07, 6.45) is 1.33. The van der Waals surface area contributed by atoms with Gasteiger partial charge in [0.15, 0.2) is 5.76 Å². The number of nitrogens with zero attached hydrogens (tertiary/aromatic N) is 4. The third kappa shape index (κ3) is 3.56. The van der Waals surface area contributed by atoms with Crippen LogP contribution in [0.15, 0.2) is 56.3 Å². The van der Waals surface area contributed by atoms with E-state index < -0.39 is 4.92 Å². The van der Waals surface area contributed by atoms with Crippen molar-refractivity contribution in [3.05, 3.63) is 68.3 Å². The Morgan fingerprint density at radius 1 is 1.36 bits per heavy atom. The van der Waals surface area contributed by atoms with E-state index in [1.54, 1.807) is 23.6 Å². The molecule has 2 heterocycles. The van der Waals surface area contributed by atoms with Gasteiger partial charge in [0.2, 0.25) is 4.80 Å². The molecule has 1 aromatic carbocycles. The van der Waals surface area contributed by atoms with Gasteiger partial charge in [-0.3, -0.25) is 15.1 Å². The molecular weight excluding hydrogens is 347 g/mol. The molecule has 0 saturated heterocycles. The molecule has 0 atom stereocenters. The van der Waals surface area contributed by atoms with Gasteiger partial charge in [0.05, 0.1) is 18.0 Å². The molecular formula is C16H13FN4O3S. The van der Waals surface area contributed by atoms with Crippen molar-refractivity contribution in [1.29, 1.82) is 0 Å². The first-order valence-electron chi connectivity index (χ1n) is 7.34. The van der Waals surface area contributed by atoms with Crippen molar-refractivity contribution in [2.75, 3.05) is 6.54 Å². The molecule has 2 aromatic heterocycles. The molecule has 0 spiro atoms. The van der Waals surface area contributed by atoms with Crippen LogP contribution in [0.1, 0.15) is 12.7 Å². The van der Waals surface area contributed by atoms with Crippen LogP contribution in [-0.2, 0) is 0 Å². The maximum atomic E-state index is 14.1. The molecule has 0 saturated carbocycles. The zero-order chi connectivity index (χ0) is 17.8. The van der Waals surface area contributed by atoms with Crippen LogP contribution in [0.3, 0.4) is 0 Å². The van der Waals surface area contributed by atoms with Crippen LogP contribution in [0.4, 0.5) is 10.3 Å². The first-order valence-corrected chi connectivity index (χ1v) is 8.22. The van der Waals surface area contributed by atoms with E-state index in [0.29, 0.717) is 22.6 Å². The van der Waals surface area contributed by atoms with Gasteiger partial charge < -0.3 is 4.42 Å². The molecule has 0 bridgehead atoms. The molecule has 128 valence electrons. The van der Waals surface area contributed by atoms with E-state index in [2.05, 4.69) is 10.1 Å². The Balaban J connectivity index is 2.06. The van der Waals surface area contributed by atoms with Crippen LogP contribution in [-0.4, -0.2) is 22.4 Å². The quantitative estimate of drug-likeness (QED) is 0.395. The zero-order valence-corrected chi connectivity index (χ0v) is 13.9. The SMILES string of the molecule is CCN=c1scc(-c2ccccc2F)n1N=Cc1ccc([N+](=O)[O-])o1. The predicted molar refractivity (Wildman–Crippen MR) is 92.2 cm³/mol. The van der Waals surface area contributed by atoms with Gasteiger partial charge in [-0.2, -0.15) is 5.10 Å². The Hall–Kier alpha value is -3.07. The molecule has 3 rings (SSSR count). The summed E-state index contributed by atoms with van der Waals surface area (Å²) in [4.78, 5) is 15.0. The largest absolute Gasteiger partial charge is 0.433 e.